The van der Waals surface area contributed by atoms with Crippen molar-refractivity contribution in [3.8, 4) is 11.3 Å². The van der Waals surface area contributed by atoms with E-state index < -0.39 is 0 Å². The molecular formula is C11H14N2OS. The summed E-state index contributed by atoms with van der Waals surface area (Å²) in [6.45, 7) is 2.24. The lowest BCUT2D eigenvalue weighted by Crippen LogP contribution is -2.01. The summed E-state index contributed by atoms with van der Waals surface area (Å²) >= 11 is 1.62. The Morgan fingerprint density at radius 2 is 2.47 bits per heavy atom. The van der Waals surface area contributed by atoms with Crippen LogP contribution < -0.4 is 0 Å². The van der Waals surface area contributed by atoms with Gasteiger partial charge in [0.25, 0.3) is 0 Å². The maximum absolute atomic E-state index is 9.18. The Bertz CT molecular complexity index is 404. The molecule has 1 atom stereocenters. The summed E-state index contributed by atoms with van der Waals surface area (Å²) < 4.78 is 0. The zero-order valence-electron chi connectivity index (χ0n) is 8.60. The van der Waals surface area contributed by atoms with Crippen molar-refractivity contribution >= 4 is 11.3 Å². The molecule has 0 aliphatic rings. The second kappa shape index (κ2) is 4.59. The molecular weight excluding hydrogens is 208 g/mol. The number of H-pyrrole nitrogens is 1. The zero-order chi connectivity index (χ0) is 10.7. The van der Waals surface area contributed by atoms with Crippen molar-refractivity contribution < 1.29 is 5.11 Å². The maximum atomic E-state index is 9.18. The van der Waals surface area contributed by atoms with Gasteiger partial charge in [-0.05, 0) is 12.5 Å². The van der Waals surface area contributed by atoms with Crippen LogP contribution in [0.3, 0.4) is 0 Å². The van der Waals surface area contributed by atoms with Crippen LogP contribution in [0.2, 0.25) is 0 Å². The minimum Gasteiger partial charge on any atom is -0.396 e. The fourth-order valence-corrected chi connectivity index (χ4v) is 2.48. The average molecular weight is 222 g/mol. The lowest BCUT2D eigenvalue weighted by Gasteiger charge is -2.06. The molecule has 2 aromatic heterocycles. The summed E-state index contributed by atoms with van der Waals surface area (Å²) in [6.07, 6.45) is 4.74. The molecule has 0 aliphatic heterocycles. The molecule has 2 heterocycles. The Labute approximate surface area is 92.8 Å². The van der Waals surface area contributed by atoms with Gasteiger partial charge < -0.3 is 10.1 Å². The molecule has 0 fully saturated rings. The van der Waals surface area contributed by atoms with Crippen LogP contribution >= 0.6 is 11.3 Å². The van der Waals surface area contributed by atoms with Crippen LogP contribution in [0.15, 0.2) is 23.8 Å². The average Bonchev–Trinajstić information content (AvgIpc) is 2.89. The summed E-state index contributed by atoms with van der Waals surface area (Å²) in [6, 6.07) is 2.00. The molecule has 0 saturated carbocycles. The number of thiazole rings is 1. The summed E-state index contributed by atoms with van der Waals surface area (Å²) in [5.74, 6) is 0.183. The molecule has 0 saturated heterocycles. The monoisotopic (exact) mass is 222 g/mol. The van der Waals surface area contributed by atoms with Gasteiger partial charge in [-0.3, -0.25) is 0 Å². The van der Waals surface area contributed by atoms with E-state index in [2.05, 4.69) is 16.9 Å². The van der Waals surface area contributed by atoms with Gasteiger partial charge in [0.1, 0.15) is 0 Å². The Kier molecular flexibility index (Phi) is 3.18. The van der Waals surface area contributed by atoms with E-state index in [9.17, 15) is 5.11 Å². The molecule has 0 amide bonds. The van der Waals surface area contributed by atoms with Crippen molar-refractivity contribution in [1.82, 2.24) is 9.97 Å². The third-order valence-corrected chi connectivity index (χ3v) is 3.49. The number of aromatic amines is 1. The fourth-order valence-electron chi connectivity index (χ4n) is 1.47. The quantitative estimate of drug-likeness (QED) is 0.835. The van der Waals surface area contributed by atoms with Gasteiger partial charge in [-0.25, -0.2) is 4.98 Å². The summed E-state index contributed by atoms with van der Waals surface area (Å²) in [5, 5.41) is 12.2. The van der Waals surface area contributed by atoms with Crippen LogP contribution in [0, 0.1) is 0 Å². The topological polar surface area (TPSA) is 48.9 Å². The number of aliphatic hydroxyl groups is 1. The lowest BCUT2D eigenvalue weighted by molar-refractivity contribution is 0.262. The van der Waals surface area contributed by atoms with Crippen molar-refractivity contribution in [1.29, 1.82) is 0 Å². The van der Waals surface area contributed by atoms with Gasteiger partial charge in [0, 0.05) is 29.3 Å². The van der Waals surface area contributed by atoms with Crippen molar-refractivity contribution in [2.45, 2.75) is 19.3 Å². The van der Waals surface area contributed by atoms with E-state index in [1.807, 2.05) is 23.8 Å². The second-order valence-electron chi connectivity index (χ2n) is 3.46. The highest BCUT2D eigenvalue weighted by Gasteiger charge is 2.13. The van der Waals surface area contributed by atoms with E-state index in [0.717, 1.165) is 22.7 Å². The van der Waals surface area contributed by atoms with E-state index in [4.69, 9.17) is 0 Å². The predicted molar refractivity (Wildman–Crippen MR) is 62.0 cm³/mol. The molecule has 0 bridgehead atoms. The van der Waals surface area contributed by atoms with Gasteiger partial charge in [0.05, 0.1) is 17.3 Å². The smallest absolute Gasteiger partial charge is 0.0986 e. The molecule has 0 aromatic carbocycles. The number of nitrogens with zero attached hydrogens (tertiary/aromatic N) is 1. The molecule has 0 spiro atoms. The second-order valence-corrected chi connectivity index (χ2v) is 4.35. The summed E-state index contributed by atoms with van der Waals surface area (Å²) in [5.41, 5.74) is 2.09. The number of rotatable bonds is 4. The molecule has 2 N–H and O–H groups in total. The number of aromatic nitrogens is 2. The molecule has 4 heteroatoms. The summed E-state index contributed by atoms with van der Waals surface area (Å²) in [4.78, 5) is 7.54. The molecule has 0 aliphatic carbocycles. The Hall–Kier alpha value is -1.13. The lowest BCUT2D eigenvalue weighted by atomic mass is 10.1. The van der Waals surface area contributed by atoms with E-state index in [0.29, 0.717) is 0 Å². The van der Waals surface area contributed by atoms with Gasteiger partial charge in [0.2, 0.25) is 0 Å². The van der Waals surface area contributed by atoms with Crippen molar-refractivity contribution in [2.24, 2.45) is 0 Å². The van der Waals surface area contributed by atoms with E-state index >= 15 is 0 Å². The van der Waals surface area contributed by atoms with Crippen molar-refractivity contribution in [2.75, 3.05) is 6.61 Å². The Morgan fingerprint density at radius 3 is 3.07 bits per heavy atom. The zero-order valence-corrected chi connectivity index (χ0v) is 9.42. The highest BCUT2D eigenvalue weighted by atomic mass is 32.1. The first-order valence-electron chi connectivity index (χ1n) is 5.04. The van der Waals surface area contributed by atoms with Gasteiger partial charge in [-0.15, -0.1) is 11.3 Å². The molecule has 0 radical (unpaired) electrons. The van der Waals surface area contributed by atoms with Gasteiger partial charge in [-0.1, -0.05) is 6.92 Å². The number of hydrogen-bond acceptors (Lipinski definition) is 3. The van der Waals surface area contributed by atoms with Crippen molar-refractivity contribution in [3.05, 3.63) is 28.8 Å². The largest absolute Gasteiger partial charge is 0.396 e. The third-order valence-electron chi connectivity index (χ3n) is 2.48. The molecule has 2 rings (SSSR count). The normalized spacial score (nSPS) is 12.9. The van der Waals surface area contributed by atoms with Gasteiger partial charge >= 0.3 is 0 Å². The molecule has 1 unspecified atom stereocenters. The fraction of sp³-hybridized carbons (Fsp3) is 0.364. The van der Waals surface area contributed by atoms with Crippen LogP contribution in [-0.4, -0.2) is 21.7 Å². The van der Waals surface area contributed by atoms with Crippen LogP contribution in [0.25, 0.3) is 11.3 Å². The van der Waals surface area contributed by atoms with Crippen molar-refractivity contribution in [3.63, 3.8) is 0 Å². The highest BCUT2D eigenvalue weighted by Crippen LogP contribution is 2.27. The first-order valence-corrected chi connectivity index (χ1v) is 5.92. The van der Waals surface area contributed by atoms with Crippen LogP contribution in [0.4, 0.5) is 0 Å². The predicted octanol–water partition coefficient (Wildman–Crippen LogP) is 2.62. The minimum absolute atomic E-state index is 0.177. The number of hydrogen-bond donors (Lipinski definition) is 2. The highest BCUT2D eigenvalue weighted by molar-refractivity contribution is 7.10. The third kappa shape index (κ3) is 2.11. The molecule has 3 nitrogen and oxygen atoms in total. The molecule has 15 heavy (non-hydrogen) atoms. The van der Waals surface area contributed by atoms with Crippen LogP contribution in [-0.2, 0) is 0 Å². The Balaban J connectivity index is 2.24. The number of nitrogens with one attached hydrogen (secondary N) is 1. The first-order chi connectivity index (χ1) is 7.35. The van der Waals surface area contributed by atoms with E-state index in [1.165, 1.54) is 0 Å². The number of aliphatic hydroxyl groups excluding tert-OH is 1. The maximum Gasteiger partial charge on any atom is 0.0986 e. The van der Waals surface area contributed by atoms with Gasteiger partial charge in [-0.2, -0.15) is 0 Å². The van der Waals surface area contributed by atoms with Gasteiger partial charge in [0.15, 0.2) is 0 Å². The standard InChI is InChI=1S/C11H14N2OS/c1-2-8(6-14)11-13-10(7-15-11)9-3-4-12-5-9/h3-5,7-8,12,14H,2,6H2,1H3. The van der Waals surface area contributed by atoms with Crippen LogP contribution in [0.1, 0.15) is 24.3 Å². The summed E-state index contributed by atoms with van der Waals surface area (Å²) in [7, 11) is 0. The first kappa shape index (κ1) is 10.4. The van der Waals surface area contributed by atoms with E-state index in [1.54, 1.807) is 11.3 Å². The minimum atomic E-state index is 0.177. The molecule has 80 valence electrons. The van der Waals surface area contributed by atoms with E-state index in [-0.39, 0.29) is 12.5 Å². The SMILES string of the molecule is CCC(CO)c1nc(-c2cc[nH]c2)cs1. The van der Waals surface area contributed by atoms with Crippen LogP contribution in [0.5, 0.6) is 0 Å². The Morgan fingerprint density at radius 1 is 1.60 bits per heavy atom. The molecule has 2 aromatic rings.